The highest BCUT2D eigenvalue weighted by molar-refractivity contribution is 5.92. The van der Waals surface area contributed by atoms with Crippen LogP contribution in [0.4, 0.5) is 4.79 Å². The monoisotopic (exact) mass is 307 g/mol. The normalized spacial score (nSPS) is 17.0. The summed E-state index contributed by atoms with van der Waals surface area (Å²) in [6.07, 6.45) is -0.0139. The van der Waals surface area contributed by atoms with E-state index in [4.69, 9.17) is 14.2 Å². The molecule has 0 saturated heterocycles. The molecule has 120 valence electrons. The van der Waals surface area contributed by atoms with Crippen molar-refractivity contribution in [2.45, 2.75) is 38.8 Å². The first-order valence-electron chi connectivity index (χ1n) is 7.12. The molecule has 1 aliphatic rings. The lowest BCUT2D eigenvalue weighted by Gasteiger charge is -2.28. The third-order valence-corrected chi connectivity index (χ3v) is 3.15. The van der Waals surface area contributed by atoms with Crippen LogP contribution < -0.4 is 10.1 Å². The summed E-state index contributed by atoms with van der Waals surface area (Å²) in [6.45, 7) is 5.73. The highest BCUT2D eigenvalue weighted by Gasteiger charge is 2.27. The molecule has 0 aromatic heterocycles. The Bertz CT molecular complexity index is 576. The fraction of sp³-hybridized carbons (Fsp3) is 0.500. The number of hydrogen-bond donors (Lipinski definition) is 1. The van der Waals surface area contributed by atoms with E-state index in [-0.39, 0.29) is 6.04 Å². The zero-order chi connectivity index (χ0) is 16.3. The summed E-state index contributed by atoms with van der Waals surface area (Å²) in [5, 5.41) is 2.76. The Morgan fingerprint density at radius 1 is 1.32 bits per heavy atom. The first kappa shape index (κ1) is 16.1. The van der Waals surface area contributed by atoms with E-state index in [0.29, 0.717) is 24.3 Å². The van der Waals surface area contributed by atoms with Crippen LogP contribution in [-0.4, -0.2) is 37.4 Å². The molecule has 1 aliphatic heterocycles. The molecule has 0 radical (unpaired) electrons. The molecule has 0 unspecified atom stereocenters. The molecule has 1 N–H and O–H groups in total. The summed E-state index contributed by atoms with van der Waals surface area (Å²) in [5.74, 6) is 0.225. The number of carbonyl (C=O) groups is 2. The first-order valence-corrected chi connectivity index (χ1v) is 7.12. The summed E-state index contributed by atoms with van der Waals surface area (Å²) < 4.78 is 15.6. The van der Waals surface area contributed by atoms with E-state index in [2.05, 4.69) is 5.32 Å². The van der Waals surface area contributed by atoms with E-state index in [1.165, 1.54) is 7.11 Å². The van der Waals surface area contributed by atoms with Crippen molar-refractivity contribution in [3.63, 3.8) is 0 Å². The maximum Gasteiger partial charge on any atom is 0.408 e. The lowest BCUT2D eigenvalue weighted by molar-refractivity contribution is 0.0481. The minimum Gasteiger partial charge on any atom is -0.491 e. The van der Waals surface area contributed by atoms with E-state index in [1.54, 1.807) is 39.0 Å². The minimum atomic E-state index is -0.561. The highest BCUT2D eigenvalue weighted by Crippen LogP contribution is 2.28. The molecule has 6 heteroatoms. The first-order chi connectivity index (χ1) is 10.3. The van der Waals surface area contributed by atoms with Crippen molar-refractivity contribution in [2.24, 2.45) is 0 Å². The van der Waals surface area contributed by atoms with Crippen molar-refractivity contribution in [3.05, 3.63) is 29.3 Å². The van der Waals surface area contributed by atoms with Gasteiger partial charge >= 0.3 is 12.1 Å². The van der Waals surface area contributed by atoms with Gasteiger partial charge in [0.1, 0.15) is 18.0 Å². The number of hydrogen-bond acceptors (Lipinski definition) is 5. The number of fused-ring (bicyclic) bond motifs is 1. The third kappa shape index (κ3) is 3.90. The molecule has 0 fully saturated rings. The molecule has 0 saturated carbocycles. The van der Waals surface area contributed by atoms with Crippen molar-refractivity contribution in [2.75, 3.05) is 13.7 Å². The third-order valence-electron chi connectivity index (χ3n) is 3.15. The molecule has 1 aromatic rings. The van der Waals surface area contributed by atoms with Gasteiger partial charge in [0.15, 0.2) is 0 Å². The molecule has 22 heavy (non-hydrogen) atoms. The molecule has 0 aliphatic carbocycles. The van der Waals surface area contributed by atoms with Gasteiger partial charge in [0.25, 0.3) is 0 Å². The molecular formula is C16H21NO5. The number of ether oxygens (including phenoxy) is 3. The van der Waals surface area contributed by atoms with Crippen LogP contribution in [0.3, 0.4) is 0 Å². The Morgan fingerprint density at radius 2 is 2.05 bits per heavy atom. The van der Waals surface area contributed by atoms with Crippen LogP contribution in [0.1, 0.15) is 36.7 Å². The van der Waals surface area contributed by atoms with Gasteiger partial charge in [-0.3, -0.25) is 0 Å². The predicted octanol–water partition coefficient (Wildman–Crippen LogP) is 2.30. The lowest BCUT2D eigenvalue weighted by Crippen LogP contribution is -2.45. The molecule has 1 atom stereocenters. The summed E-state index contributed by atoms with van der Waals surface area (Å²) in [4.78, 5) is 23.6. The van der Waals surface area contributed by atoms with Crippen molar-refractivity contribution < 1.29 is 23.8 Å². The van der Waals surface area contributed by atoms with Gasteiger partial charge in [-0.2, -0.15) is 0 Å². The molecule has 0 spiro atoms. The molecule has 1 amide bonds. The molecule has 6 nitrogen and oxygen atoms in total. The topological polar surface area (TPSA) is 73.9 Å². The maximum absolute atomic E-state index is 11.8. The Labute approximate surface area is 129 Å². The second-order valence-corrected chi connectivity index (χ2v) is 6.13. The Balaban J connectivity index is 2.10. The largest absolute Gasteiger partial charge is 0.491 e. The fourth-order valence-corrected chi connectivity index (χ4v) is 2.28. The zero-order valence-corrected chi connectivity index (χ0v) is 13.3. The molecular weight excluding hydrogens is 286 g/mol. The Hall–Kier alpha value is -2.24. The average Bonchev–Trinajstić information content (AvgIpc) is 2.43. The van der Waals surface area contributed by atoms with Crippen LogP contribution in [0, 0.1) is 0 Å². The van der Waals surface area contributed by atoms with Crippen LogP contribution in [-0.2, 0) is 15.9 Å². The SMILES string of the molecule is COC(=O)c1cccc2c1C[C@H](NC(=O)OC(C)(C)C)CO2. The van der Waals surface area contributed by atoms with E-state index in [9.17, 15) is 9.59 Å². The lowest BCUT2D eigenvalue weighted by atomic mass is 9.97. The van der Waals surface area contributed by atoms with Crippen LogP contribution in [0.15, 0.2) is 18.2 Å². The van der Waals surface area contributed by atoms with Crippen molar-refractivity contribution in [1.29, 1.82) is 0 Å². The number of alkyl carbamates (subject to hydrolysis) is 1. The number of rotatable bonds is 2. The van der Waals surface area contributed by atoms with Gasteiger partial charge in [0.2, 0.25) is 0 Å². The van der Waals surface area contributed by atoms with Crippen LogP contribution >= 0.6 is 0 Å². The van der Waals surface area contributed by atoms with Gasteiger partial charge in [-0.15, -0.1) is 0 Å². The van der Waals surface area contributed by atoms with Crippen LogP contribution in [0.2, 0.25) is 0 Å². The van der Waals surface area contributed by atoms with Gasteiger partial charge in [-0.05, 0) is 32.9 Å². The van der Waals surface area contributed by atoms with Gasteiger partial charge < -0.3 is 19.5 Å². The summed E-state index contributed by atoms with van der Waals surface area (Å²) in [5.41, 5.74) is 0.631. The quantitative estimate of drug-likeness (QED) is 0.849. The summed E-state index contributed by atoms with van der Waals surface area (Å²) >= 11 is 0. The van der Waals surface area contributed by atoms with Gasteiger partial charge in [0, 0.05) is 12.0 Å². The standard InChI is InChI=1S/C16H21NO5/c1-16(2,3)22-15(19)17-10-8-12-11(14(18)20-4)6-5-7-13(12)21-9-10/h5-7,10H,8-9H2,1-4H3,(H,17,19)/t10-/m0/s1. The van der Waals surface area contributed by atoms with E-state index >= 15 is 0 Å². The predicted molar refractivity (Wildman–Crippen MR) is 80.1 cm³/mol. The van der Waals surface area contributed by atoms with E-state index < -0.39 is 17.7 Å². The van der Waals surface area contributed by atoms with Crippen molar-refractivity contribution >= 4 is 12.1 Å². The van der Waals surface area contributed by atoms with Crippen LogP contribution in [0.25, 0.3) is 0 Å². The molecule has 0 bridgehead atoms. The second-order valence-electron chi connectivity index (χ2n) is 6.13. The van der Waals surface area contributed by atoms with E-state index in [0.717, 1.165) is 5.56 Å². The number of nitrogens with one attached hydrogen (secondary N) is 1. The number of benzene rings is 1. The Kier molecular flexibility index (Phi) is 4.59. The zero-order valence-electron chi connectivity index (χ0n) is 13.3. The summed E-state index contributed by atoms with van der Waals surface area (Å²) in [6, 6.07) is 4.97. The number of esters is 1. The van der Waals surface area contributed by atoms with E-state index in [1.807, 2.05) is 0 Å². The second kappa shape index (κ2) is 6.25. The minimum absolute atomic E-state index is 0.256. The molecule has 1 aromatic carbocycles. The van der Waals surface area contributed by atoms with Crippen molar-refractivity contribution in [1.82, 2.24) is 5.32 Å². The Morgan fingerprint density at radius 3 is 2.68 bits per heavy atom. The summed E-state index contributed by atoms with van der Waals surface area (Å²) in [7, 11) is 1.34. The number of carbonyl (C=O) groups excluding carboxylic acids is 2. The maximum atomic E-state index is 11.8. The van der Waals surface area contributed by atoms with Crippen molar-refractivity contribution in [3.8, 4) is 5.75 Å². The van der Waals surface area contributed by atoms with Gasteiger partial charge in [-0.1, -0.05) is 6.07 Å². The van der Waals surface area contributed by atoms with Gasteiger partial charge in [0.05, 0.1) is 18.7 Å². The fourth-order valence-electron chi connectivity index (χ4n) is 2.28. The molecule has 1 heterocycles. The highest BCUT2D eigenvalue weighted by atomic mass is 16.6. The molecule has 2 rings (SSSR count). The number of amides is 1. The average molecular weight is 307 g/mol. The van der Waals surface area contributed by atoms with Crippen LogP contribution in [0.5, 0.6) is 5.75 Å². The van der Waals surface area contributed by atoms with Gasteiger partial charge in [-0.25, -0.2) is 9.59 Å². The number of methoxy groups -OCH3 is 1. The smallest absolute Gasteiger partial charge is 0.408 e.